The van der Waals surface area contributed by atoms with Gasteiger partial charge in [0.25, 0.3) is 5.91 Å². The number of hydrazone groups is 1. The van der Waals surface area contributed by atoms with Gasteiger partial charge in [-0.15, -0.1) is 0 Å². The van der Waals surface area contributed by atoms with Crippen LogP contribution in [0.4, 0.5) is 0 Å². The van der Waals surface area contributed by atoms with Crippen molar-refractivity contribution in [3.63, 3.8) is 0 Å². The molecule has 1 N–H and O–H groups in total. The Morgan fingerprint density at radius 1 is 1.56 bits per heavy atom. The lowest BCUT2D eigenvalue weighted by Gasteiger charge is -2.29. The molecule has 4 heteroatoms. The molecular weight excluding hydrogens is 202 g/mol. The third-order valence-electron chi connectivity index (χ3n) is 2.16. The molecule has 0 saturated heterocycles. The highest BCUT2D eigenvalue weighted by molar-refractivity contribution is 5.90. The van der Waals surface area contributed by atoms with Gasteiger partial charge in [-0.2, -0.15) is 10.1 Å². The number of hydrogen-bond acceptors (Lipinski definition) is 3. The number of rotatable bonds is 2. The Labute approximate surface area is 96.7 Å². The Morgan fingerprint density at radius 3 is 2.62 bits per heavy atom. The molecule has 1 aliphatic heterocycles. The summed E-state index contributed by atoms with van der Waals surface area (Å²) >= 11 is 0. The van der Waals surface area contributed by atoms with Crippen molar-refractivity contribution in [3.05, 3.63) is 23.7 Å². The minimum absolute atomic E-state index is 0.141. The minimum atomic E-state index is -0.152. The van der Waals surface area contributed by atoms with Gasteiger partial charge in [0.15, 0.2) is 0 Å². The summed E-state index contributed by atoms with van der Waals surface area (Å²) in [6.45, 7) is 11.6. The Morgan fingerprint density at radius 2 is 2.19 bits per heavy atom. The highest BCUT2D eigenvalue weighted by Gasteiger charge is 2.24. The van der Waals surface area contributed by atoms with Gasteiger partial charge < -0.3 is 5.32 Å². The largest absolute Gasteiger partial charge is 0.344 e. The highest BCUT2D eigenvalue weighted by Crippen LogP contribution is 2.25. The summed E-state index contributed by atoms with van der Waals surface area (Å²) in [7, 11) is 0. The van der Waals surface area contributed by atoms with Crippen LogP contribution in [0.15, 0.2) is 28.8 Å². The van der Waals surface area contributed by atoms with Gasteiger partial charge in [-0.05, 0) is 24.8 Å². The number of hydrogen-bond donors (Lipinski definition) is 1. The highest BCUT2D eigenvalue weighted by atomic mass is 16.2. The van der Waals surface area contributed by atoms with E-state index in [2.05, 4.69) is 37.9 Å². The van der Waals surface area contributed by atoms with Gasteiger partial charge >= 0.3 is 0 Å². The van der Waals surface area contributed by atoms with E-state index in [1.54, 1.807) is 6.08 Å². The minimum Gasteiger partial charge on any atom is -0.344 e. The number of carbonyl (C=O) groups is 1. The molecule has 1 heterocycles. The first-order valence-corrected chi connectivity index (χ1v) is 5.32. The first kappa shape index (κ1) is 12.5. The lowest BCUT2D eigenvalue weighted by Crippen LogP contribution is -2.37. The molecule has 0 aliphatic carbocycles. The summed E-state index contributed by atoms with van der Waals surface area (Å²) in [6, 6.07) is 0. The van der Waals surface area contributed by atoms with Gasteiger partial charge in [0, 0.05) is 18.5 Å². The molecule has 0 atom stereocenters. The molecule has 0 spiro atoms. The second kappa shape index (κ2) is 4.51. The van der Waals surface area contributed by atoms with E-state index in [1.165, 1.54) is 5.01 Å². The summed E-state index contributed by atoms with van der Waals surface area (Å²) in [5.41, 5.74) is 1.06. The van der Waals surface area contributed by atoms with Crippen LogP contribution in [-0.4, -0.2) is 17.6 Å². The number of allylic oxidation sites excluding steroid dienone is 2. The monoisotopic (exact) mass is 221 g/mol. The molecule has 1 rings (SSSR count). The van der Waals surface area contributed by atoms with E-state index in [1.807, 2.05) is 13.0 Å². The van der Waals surface area contributed by atoms with Crippen molar-refractivity contribution in [1.29, 1.82) is 0 Å². The maximum absolute atomic E-state index is 11.7. The second-order valence-corrected chi connectivity index (χ2v) is 5.00. The first-order valence-electron chi connectivity index (χ1n) is 5.32. The molecule has 0 saturated carbocycles. The van der Waals surface area contributed by atoms with E-state index in [4.69, 9.17) is 0 Å². The SMILES string of the molecule is C=NN1C(=O)C=C(CC(C)(C)C)N/C1=C/C. The van der Waals surface area contributed by atoms with Crippen molar-refractivity contribution in [2.24, 2.45) is 10.5 Å². The molecule has 88 valence electrons. The van der Waals surface area contributed by atoms with Crippen LogP contribution < -0.4 is 5.32 Å². The third kappa shape index (κ3) is 2.95. The van der Waals surface area contributed by atoms with Gasteiger partial charge in [-0.25, -0.2) is 0 Å². The summed E-state index contributed by atoms with van der Waals surface area (Å²) in [4.78, 5) is 11.7. The number of amides is 1. The van der Waals surface area contributed by atoms with Gasteiger partial charge in [-0.3, -0.25) is 4.79 Å². The van der Waals surface area contributed by atoms with E-state index < -0.39 is 0 Å². The zero-order valence-electron chi connectivity index (χ0n) is 10.4. The van der Waals surface area contributed by atoms with Crippen LogP contribution >= 0.6 is 0 Å². The summed E-state index contributed by atoms with van der Waals surface area (Å²) < 4.78 is 0. The van der Waals surface area contributed by atoms with E-state index in [9.17, 15) is 4.79 Å². The van der Waals surface area contributed by atoms with E-state index in [0.717, 1.165) is 12.1 Å². The van der Waals surface area contributed by atoms with Crippen molar-refractivity contribution >= 4 is 12.6 Å². The number of carbonyl (C=O) groups excluding carboxylic acids is 1. The van der Waals surface area contributed by atoms with E-state index >= 15 is 0 Å². The van der Waals surface area contributed by atoms with Crippen molar-refractivity contribution < 1.29 is 4.79 Å². The van der Waals surface area contributed by atoms with Crippen LogP contribution in [-0.2, 0) is 4.79 Å². The fourth-order valence-electron chi connectivity index (χ4n) is 1.59. The van der Waals surface area contributed by atoms with E-state index in [-0.39, 0.29) is 11.3 Å². The molecular formula is C12H19N3O. The summed E-state index contributed by atoms with van der Waals surface area (Å²) in [5, 5.41) is 8.11. The third-order valence-corrected chi connectivity index (χ3v) is 2.16. The van der Waals surface area contributed by atoms with Gasteiger partial charge in [0.05, 0.1) is 0 Å². The molecule has 0 bridgehead atoms. The molecule has 0 fully saturated rings. The number of nitrogens with zero attached hydrogens (tertiary/aromatic N) is 2. The van der Waals surface area contributed by atoms with Crippen LogP contribution in [0.3, 0.4) is 0 Å². The predicted octanol–water partition coefficient (Wildman–Crippen LogP) is 2.22. The van der Waals surface area contributed by atoms with E-state index in [0.29, 0.717) is 5.82 Å². The number of nitrogens with one attached hydrogen (secondary N) is 1. The van der Waals surface area contributed by atoms with Gasteiger partial charge in [-0.1, -0.05) is 20.8 Å². The molecule has 0 aromatic heterocycles. The molecule has 0 unspecified atom stereocenters. The smallest absolute Gasteiger partial charge is 0.274 e. The van der Waals surface area contributed by atoms with Crippen LogP contribution in [0.2, 0.25) is 0 Å². The molecule has 4 nitrogen and oxygen atoms in total. The lowest BCUT2D eigenvalue weighted by molar-refractivity contribution is -0.125. The molecule has 0 radical (unpaired) electrons. The normalized spacial score (nSPS) is 19.5. The Kier molecular flexibility index (Phi) is 3.52. The van der Waals surface area contributed by atoms with Crippen LogP contribution in [0.5, 0.6) is 0 Å². The average Bonchev–Trinajstić information content (AvgIpc) is 2.14. The predicted molar refractivity (Wildman–Crippen MR) is 65.4 cm³/mol. The molecule has 1 aliphatic rings. The van der Waals surface area contributed by atoms with Crippen molar-refractivity contribution in [1.82, 2.24) is 10.3 Å². The summed E-state index contributed by atoms with van der Waals surface area (Å²) in [5.74, 6) is 0.517. The fourth-order valence-corrected chi connectivity index (χ4v) is 1.59. The topological polar surface area (TPSA) is 44.7 Å². The lowest BCUT2D eigenvalue weighted by atomic mass is 9.90. The Bertz CT molecular complexity index is 361. The van der Waals surface area contributed by atoms with Gasteiger partial charge in [0.1, 0.15) is 5.82 Å². The molecule has 0 aromatic carbocycles. The van der Waals surface area contributed by atoms with Gasteiger partial charge in [0.2, 0.25) is 0 Å². The zero-order valence-corrected chi connectivity index (χ0v) is 10.4. The second-order valence-electron chi connectivity index (χ2n) is 5.00. The van der Waals surface area contributed by atoms with Crippen LogP contribution in [0, 0.1) is 5.41 Å². The van der Waals surface area contributed by atoms with Crippen molar-refractivity contribution in [3.8, 4) is 0 Å². The molecule has 16 heavy (non-hydrogen) atoms. The molecule has 0 aromatic rings. The molecule has 1 amide bonds. The van der Waals surface area contributed by atoms with Crippen LogP contribution in [0.25, 0.3) is 0 Å². The standard InChI is InChI=1S/C12H19N3O/c1-6-10-14-9(8-12(2,3)4)7-11(16)15(10)13-5/h6-7,14H,5,8H2,1-4H3/b10-6-. The van der Waals surface area contributed by atoms with Crippen molar-refractivity contribution in [2.75, 3.05) is 0 Å². The first-order chi connectivity index (χ1) is 7.37. The Hall–Kier alpha value is -1.58. The maximum Gasteiger partial charge on any atom is 0.274 e. The Balaban J connectivity index is 2.93. The van der Waals surface area contributed by atoms with Crippen molar-refractivity contribution in [2.45, 2.75) is 34.1 Å². The fraction of sp³-hybridized carbons (Fsp3) is 0.500. The maximum atomic E-state index is 11.7. The van der Waals surface area contributed by atoms with Crippen LogP contribution in [0.1, 0.15) is 34.1 Å². The zero-order chi connectivity index (χ0) is 12.3. The quantitative estimate of drug-likeness (QED) is 0.727. The average molecular weight is 221 g/mol. The summed E-state index contributed by atoms with van der Waals surface area (Å²) in [6.07, 6.45) is 4.20.